The third kappa shape index (κ3) is 4.33. The van der Waals surface area contributed by atoms with Crippen LogP contribution in [-0.4, -0.2) is 43.4 Å². The Morgan fingerprint density at radius 2 is 2.16 bits per heavy atom. The molecule has 1 aromatic heterocycles. The SMILES string of the molecule is CCC(C)(CCO)NCc1sc(N(C)C)nc1OC. The van der Waals surface area contributed by atoms with Crippen LogP contribution in [0.15, 0.2) is 0 Å². The average Bonchev–Trinajstić information content (AvgIpc) is 2.80. The average molecular weight is 287 g/mol. The van der Waals surface area contributed by atoms with Gasteiger partial charge in [-0.2, -0.15) is 4.98 Å². The molecule has 0 aliphatic rings. The Morgan fingerprint density at radius 3 is 2.63 bits per heavy atom. The molecule has 110 valence electrons. The van der Waals surface area contributed by atoms with Gasteiger partial charge in [0.05, 0.1) is 12.0 Å². The van der Waals surface area contributed by atoms with Crippen LogP contribution in [0.1, 0.15) is 31.6 Å². The van der Waals surface area contributed by atoms with Crippen LogP contribution in [-0.2, 0) is 6.54 Å². The number of aliphatic hydroxyl groups excluding tert-OH is 1. The van der Waals surface area contributed by atoms with Gasteiger partial charge in [-0.25, -0.2) is 0 Å². The number of aromatic nitrogens is 1. The summed E-state index contributed by atoms with van der Waals surface area (Å²) in [6, 6.07) is 0. The third-order valence-corrected chi connectivity index (χ3v) is 4.55. The molecule has 2 N–H and O–H groups in total. The van der Waals surface area contributed by atoms with Crippen LogP contribution in [0, 0.1) is 0 Å². The number of nitrogens with one attached hydrogen (secondary N) is 1. The number of nitrogens with zero attached hydrogens (tertiary/aromatic N) is 2. The summed E-state index contributed by atoms with van der Waals surface area (Å²) in [4.78, 5) is 7.50. The molecule has 0 aliphatic carbocycles. The maximum absolute atomic E-state index is 9.13. The number of aliphatic hydroxyl groups is 1. The summed E-state index contributed by atoms with van der Waals surface area (Å²) in [7, 11) is 5.58. The quantitative estimate of drug-likeness (QED) is 0.764. The molecule has 19 heavy (non-hydrogen) atoms. The lowest BCUT2D eigenvalue weighted by Gasteiger charge is -2.28. The van der Waals surface area contributed by atoms with Crippen LogP contribution in [0.3, 0.4) is 0 Å². The summed E-state index contributed by atoms with van der Waals surface area (Å²) in [5, 5.41) is 13.6. The van der Waals surface area contributed by atoms with Crippen molar-refractivity contribution in [2.45, 2.75) is 38.8 Å². The van der Waals surface area contributed by atoms with Gasteiger partial charge in [-0.05, 0) is 19.8 Å². The van der Waals surface area contributed by atoms with Gasteiger partial charge < -0.3 is 20.1 Å². The van der Waals surface area contributed by atoms with Gasteiger partial charge in [0.15, 0.2) is 5.13 Å². The number of hydrogen-bond acceptors (Lipinski definition) is 6. The minimum atomic E-state index is -0.0535. The molecule has 0 amide bonds. The van der Waals surface area contributed by atoms with E-state index >= 15 is 0 Å². The zero-order valence-corrected chi connectivity index (χ0v) is 13.3. The van der Waals surface area contributed by atoms with Gasteiger partial charge in [-0.15, -0.1) is 0 Å². The predicted molar refractivity (Wildman–Crippen MR) is 80.2 cm³/mol. The topological polar surface area (TPSA) is 57.6 Å². The van der Waals surface area contributed by atoms with E-state index in [1.54, 1.807) is 18.4 Å². The molecule has 0 radical (unpaired) electrons. The number of ether oxygens (including phenoxy) is 1. The van der Waals surface area contributed by atoms with Crippen molar-refractivity contribution in [3.05, 3.63) is 4.88 Å². The smallest absolute Gasteiger partial charge is 0.230 e. The van der Waals surface area contributed by atoms with Gasteiger partial charge in [-0.1, -0.05) is 18.3 Å². The van der Waals surface area contributed by atoms with Gasteiger partial charge in [0, 0.05) is 32.8 Å². The first-order chi connectivity index (χ1) is 8.95. The number of methoxy groups -OCH3 is 1. The lowest BCUT2D eigenvalue weighted by Crippen LogP contribution is -2.41. The zero-order valence-electron chi connectivity index (χ0n) is 12.5. The van der Waals surface area contributed by atoms with Crippen molar-refractivity contribution in [2.24, 2.45) is 0 Å². The Labute approximate surface area is 119 Å². The van der Waals surface area contributed by atoms with E-state index < -0.39 is 0 Å². The standard InChI is InChI=1S/C13H25N3O2S/c1-6-13(2,7-8-17)14-9-10-11(18-5)15-12(19-10)16(3)4/h14,17H,6-9H2,1-5H3. The van der Waals surface area contributed by atoms with Crippen molar-refractivity contribution in [3.8, 4) is 5.88 Å². The second-order valence-corrected chi connectivity index (χ2v) is 6.13. The van der Waals surface area contributed by atoms with E-state index in [-0.39, 0.29) is 12.1 Å². The maximum atomic E-state index is 9.13. The van der Waals surface area contributed by atoms with Crippen LogP contribution in [0.4, 0.5) is 5.13 Å². The Hall–Kier alpha value is -0.850. The molecule has 0 saturated carbocycles. The number of anilines is 1. The van der Waals surface area contributed by atoms with Crippen LogP contribution in [0.5, 0.6) is 5.88 Å². The monoisotopic (exact) mass is 287 g/mol. The van der Waals surface area contributed by atoms with Crippen LogP contribution in [0.25, 0.3) is 0 Å². The molecule has 0 aromatic carbocycles. The van der Waals surface area contributed by atoms with Gasteiger partial charge in [0.2, 0.25) is 5.88 Å². The van der Waals surface area contributed by atoms with Crippen molar-refractivity contribution >= 4 is 16.5 Å². The van der Waals surface area contributed by atoms with Crippen LogP contribution < -0.4 is 15.0 Å². The largest absolute Gasteiger partial charge is 0.480 e. The first kappa shape index (κ1) is 16.2. The second kappa shape index (κ2) is 7.07. The predicted octanol–water partition coefficient (Wildman–Crippen LogP) is 1.86. The Balaban J connectivity index is 2.76. The third-order valence-electron chi connectivity index (χ3n) is 3.35. The number of thiazole rings is 1. The van der Waals surface area contributed by atoms with Crippen molar-refractivity contribution < 1.29 is 9.84 Å². The highest BCUT2D eigenvalue weighted by molar-refractivity contribution is 7.15. The van der Waals surface area contributed by atoms with E-state index in [0.29, 0.717) is 12.4 Å². The molecular weight excluding hydrogens is 262 g/mol. The molecule has 0 spiro atoms. The molecule has 6 heteroatoms. The molecule has 1 atom stereocenters. The molecule has 1 heterocycles. The van der Waals surface area contributed by atoms with Crippen LogP contribution >= 0.6 is 11.3 Å². The van der Waals surface area contributed by atoms with Gasteiger partial charge in [-0.3, -0.25) is 0 Å². The second-order valence-electron chi connectivity index (χ2n) is 5.06. The highest BCUT2D eigenvalue weighted by atomic mass is 32.1. The van der Waals surface area contributed by atoms with E-state index in [0.717, 1.165) is 22.9 Å². The van der Waals surface area contributed by atoms with Crippen molar-refractivity contribution in [2.75, 3.05) is 32.7 Å². The van der Waals surface area contributed by atoms with E-state index in [1.807, 2.05) is 19.0 Å². The number of hydrogen-bond donors (Lipinski definition) is 2. The van der Waals surface area contributed by atoms with E-state index in [1.165, 1.54) is 0 Å². The molecule has 5 nitrogen and oxygen atoms in total. The molecule has 0 bridgehead atoms. The molecule has 0 saturated heterocycles. The lowest BCUT2D eigenvalue weighted by atomic mass is 9.95. The Kier molecular flexibility index (Phi) is 6.03. The molecular formula is C13H25N3O2S. The van der Waals surface area contributed by atoms with E-state index in [2.05, 4.69) is 24.1 Å². The summed E-state index contributed by atoms with van der Waals surface area (Å²) >= 11 is 1.63. The van der Waals surface area contributed by atoms with Crippen molar-refractivity contribution in [1.82, 2.24) is 10.3 Å². The van der Waals surface area contributed by atoms with Gasteiger partial charge >= 0.3 is 0 Å². The first-order valence-electron chi connectivity index (χ1n) is 6.52. The molecule has 1 rings (SSSR count). The normalized spacial score (nSPS) is 14.2. The maximum Gasteiger partial charge on any atom is 0.230 e. The first-order valence-corrected chi connectivity index (χ1v) is 7.34. The summed E-state index contributed by atoms with van der Waals surface area (Å²) < 4.78 is 5.32. The fourth-order valence-electron chi connectivity index (χ4n) is 1.72. The van der Waals surface area contributed by atoms with Gasteiger partial charge in [0.25, 0.3) is 0 Å². The van der Waals surface area contributed by atoms with Gasteiger partial charge in [0.1, 0.15) is 0 Å². The van der Waals surface area contributed by atoms with Crippen molar-refractivity contribution in [3.63, 3.8) is 0 Å². The summed E-state index contributed by atoms with van der Waals surface area (Å²) in [5.74, 6) is 0.684. The summed E-state index contributed by atoms with van der Waals surface area (Å²) in [6.07, 6.45) is 1.71. The molecule has 1 unspecified atom stereocenters. The Bertz CT molecular complexity index is 395. The highest BCUT2D eigenvalue weighted by Gasteiger charge is 2.22. The molecule has 0 fully saturated rings. The van der Waals surface area contributed by atoms with Crippen LogP contribution in [0.2, 0.25) is 0 Å². The van der Waals surface area contributed by atoms with E-state index in [9.17, 15) is 0 Å². The number of rotatable bonds is 8. The Morgan fingerprint density at radius 1 is 1.47 bits per heavy atom. The lowest BCUT2D eigenvalue weighted by molar-refractivity contribution is 0.214. The highest BCUT2D eigenvalue weighted by Crippen LogP contribution is 2.31. The minimum absolute atomic E-state index is 0.0535. The fourth-order valence-corrected chi connectivity index (χ4v) is 2.61. The van der Waals surface area contributed by atoms with Crippen molar-refractivity contribution in [1.29, 1.82) is 0 Å². The summed E-state index contributed by atoms with van der Waals surface area (Å²) in [5.41, 5.74) is -0.0535. The minimum Gasteiger partial charge on any atom is -0.480 e. The molecule has 1 aromatic rings. The molecule has 0 aliphatic heterocycles. The van der Waals surface area contributed by atoms with E-state index in [4.69, 9.17) is 9.84 Å². The summed E-state index contributed by atoms with van der Waals surface area (Å²) in [6.45, 7) is 5.15. The fraction of sp³-hybridized carbons (Fsp3) is 0.769. The zero-order chi connectivity index (χ0) is 14.5.